The van der Waals surface area contributed by atoms with Crippen molar-refractivity contribution in [3.05, 3.63) is 121 Å². The predicted octanol–water partition coefficient (Wildman–Crippen LogP) is 6.98. The fourth-order valence-corrected chi connectivity index (χ4v) is 6.00. The number of imidazole rings is 2. The Morgan fingerprint density at radius 2 is 1.12 bits per heavy atom. The molecule has 60 heavy (non-hydrogen) atoms. The molecule has 304 valence electrons. The minimum atomic E-state index is -0.997. The van der Waals surface area contributed by atoms with Crippen molar-refractivity contribution < 1.29 is 38.4 Å². The molecule has 0 saturated heterocycles. The van der Waals surface area contributed by atoms with Crippen LogP contribution in [0.1, 0.15) is 27.6 Å². The molecular formula is C42H38N10O8. The molecule has 0 aliphatic carbocycles. The molecule has 2 aromatic carbocycles. The lowest BCUT2D eigenvalue weighted by Gasteiger charge is -2.12. The lowest BCUT2D eigenvalue weighted by molar-refractivity contribution is 0.0525. The van der Waals surface area contributed by atoms with Gasteiger partial charge in [0.25, 0.3) is 11.8 Å². The largest absolute Gasteiger partial charge is 0.491 e. The molecule has 0 radical (unpaired) electrons. The van der Waals surface area contributed by atoms with Gasteiger partial charge in [-0.25, -0.2) is 28.6 Å². The lowest BCUT2D eigenvalue weighted by Crippen LogP contribution is -2.05. The van der Waals surface area contributed by atoms with E-state index in [-0.39, 0.29) is 11.5 Å². The van der Waals surface area contributed by atoms with Gasteiger partial charge in [-0.1, -0.05) is 24.3 Å². The third-order valence-electron chi connectivity index (χ3n) is 8.80. The molecule has 0 amide bonds. The van der Waals surface area contributed by atoms with Gasteiger partial charge in [0.15, 0.2) is 22.8 Å². The molecule has 0 atom stereocenters. The van der Waals surface area contributed by atoms with Crippen LogP contribution in [-0.2, 0) is 4.74 Å². The number of methoxy groups -OCH3 is 4. The smallest absolute Gasteiger partial charge is 0.338 e. The number of benzene rings is 2. The Morgan fingerprint density at radius 1 is 0.633 bits per heavy atom. The molecule has 6 aromatic heterocycles. The number of aromatic carboxylic acids is 1. The molecule has 0 spiro atoms. The van der Waals surface area contributed by atoms with Crippen molar-refractivity contribution in [3.8, 4) is 45.8 Å². The molecule has 18 heteroatoms. The normalized spacial score (nSPS) is 10.7. The number of carboxylic acid groups (broad SMARTS) is 1. The van der Waals surface area contributed by atoms with Gasteiger partial charge in [-0.2, -0.15) is 20.2 Å². The lowest BCUT2D eigenvalue weighted by atomic mass is 10.1. The molecule has 8 rings (SSSR count). The predicted molar refractivity (Wildman–Crippen MR) is 221 cm³/mol. The third-order valence-corrected chi connectivity index (χ3v) is 8.80. The topological polar surface area (TPSA) is 211 Å². The number of nitrogens with zero attached hydrogens (tertiary/aromatic N) is 8. The highest BCUT2D eigenvalue weighted by Crippen LogP contribution is 2.32. The zero-order valence-electron chi connectivity index (χ0n) is 33.0. The monoisotopic (exact) mass is 810 g/mol. The molecule has 18 nitrogen and oxygen atoms in total. The molecule has 0 unspecified atom stereocenters. The number of esters is 1. The van der Waals surface area contributed by atoms with E-state index in [0.29, 0.717) is 86.7 Å². The number of rotatable bonds is 13. The van der Waals surface area contributed by atoms with Gasteiger partial charge in [-0.05, 0) is 67.6 Å². The van der Waals surface area contributed by atoms with Crippen LogP contribution in [0.25, 0.3) is 33.8 Å². The van der Waals surface area contributed by atoms with Crippen LogP contribution in [0.4, 0.5) is 23.0 Å². The highest BCUT2D eigenvalue weighted by Gasteiger charge is 2.16. The van der Waals surface area contributed by atoms with E-state index in [1.165, 1.54) is 20.3 Å². The summed E-state index contributed by atoms with van der Waals surface area (Å²) in [6.07, 6.45) is 6.76. The van der Waals surface area contributed by atoms with Crippen molar-refractivity contribution in [3.63, 3.8) is 0 Å². The van der Waals surface area contributed by atoms with E-state index in [4.69, 9.17) is 23.7 Å². The van der Waals surface area contributed by atoms with E-state index < -0.39 is 5.97 Å². The minimum Gasteiger partial charge on any atom is -0.491 e. The zero-order chi connectivity index (χ0) is 42.2. The molecular weight excluding hydrogens is 773 g/mol. The number of carbonyl (C=O) groups is 2. The van der Waals surface area contributed by atoms with Crippen LogP contribution < -0.4 is 29.6 Å². The van der Waals surface area contributed by atoms with E-state index in [9.17, 15) is 14.7 Å². The SMILES string of the molecule is CCOC(=O)c1cccc(-c2cc(Nc3ccc(OC)c(OC)n3)c3nccn3n2)c1.COc1ccc(Nc2cc(-c3cccc(C(=O)O)c3)nn3ccnc23)nc1OC. The third kappa shape index (κ3) is 8.66. The molecule has 0 saturated carbocycles. The average Bonchev–Trinajstić information content (AvgIpc) is 3.97. The highest BCUT2D eigenvalue weighted by molar-refractivity contribution is 5.91. The summed E-state index contributed by atoms with van der Waals surface area (Å²) in [5.74, 6) is 1.48. The minimum absolute atomic E-state index is 0.186. The van der Waals surface area contributed by atoms with Gasteiger partial charge in [0, 0.05) is 35.9 Å². The summed E-state index contributed by atoms with van der Waals surface area (Å²) >= 11 is 0. The summed E-state index contributed by atoms with van der Waals surface area (Å²) in [6, 6.07) is 24.4. The van der Waals surface area contributed by atoms with Crippen molar-refractivity contribution in [2.45, 2.75) is 6.92 Å². The van der Waals surface area contributed by atoms with Gasteiger partial charge in [0.1, 0.15) is 11.6 Å². The van der Waals surface area contributed by atoms with Gasteiger partial charge in [0.05, 0.1) is 68.9 Å². The first kappa shape index (κ1) is 39.9. The number of hydrogen-bond donors (Lipinski definition) is 3. The number of carbonyl (C=O) groups excluding carboxylic acids is 1. The number of pyridine rings is 2. The first-order valence-electron chi connectivity index (χ1n) is 18.2. The van der Waals surface area contributed by atoms with Crippen molar-refractivity contribution in [1.29, 1.82) is 0 Å². The van der Waals surface area contributed by atoms with E-state index in [1.54, 1.807) is 122 Å². The second-order valence-corrected chi connectivity index (χ2v) is 12.5. The van der Waals surface area contributed by atoms with Crippen LogP contribution in [0.5, 0.6) is 23.3 Å². The Kier molecular flexibility index (Phi) is 11.9. The first-order valence-corrected chi connectivity index (χ1v) is 18.2. The number of aromatic nitrogens is 8. The van der Waals surface area contributed by atoms with Crippen LogP contribution in [0, 0.1) is 0 Å². The van der Waals surface area contributed by atoms with Crippen molar-refractivity contribution in [2.24, 2.45) is 0 Å². The van der Waals surface area contributed by atoms with Crippen molar-refractivity contribution in [1.82, 2.24) is 39.2 Å². The Morgan fingerprint density at radius 3 is 1.57 bits per heavy atom. The maximum atomic E-state index is 12.1. The molecule has 0 aliphatic heterocycles. The molecule has 8 aromatic rings. The number of anilines is 4. The Balaban J connectivity index is 0.000000182. The van der Waals surface area contributed by atoms with Gasteiger partial charge >= 0.3 is 11.9 Å². The highest BCUT2D eigenvalue weighted by atomic mass is 16.5. The average molecular weight is 811 g/mol. The van der Waals surface area contributed by atoms with Crippen LogP contribution in [0.3, 0.4) is 0 Å². The molecule has 0 bridgehead atoms. The summed E-state index contributed by atoms with van der Waals surface area (Å²) in [7, 11) is 6.14. The van der Waals surface area contributed by atoms with Crippen molar-refractivity contribution >= 4 is 46.2 Å². The first-order chi connectivity index (χ1) is 29.2. The number of fused-ring (bicyclic) bond motifs is 2. The second-order valence-electron chi connectivity index (χ2n) is 12.5. The van der Waals surface area contributed by atoms with Crippen LogP contribution in [0.2, 0.25) is 0 Å². The van der Waals surface area contributed by atoms with E-state index in [2.05, 4.69) is 40.8 Å². The summed E-state index contributed by atoms with van der Waals surface area (Å²) in [5.41, 5.74) is 5.89. The Hall–Kier alpha value is -8.28. The summed E-state index contributed by atoms with van der Waals surface area (Å²) < 4.78 is 29.4. The van der Waals surface area contributed by atoms with Gasteiger partial charge in [0.2, 0.25) is 0 Å². The number of carboxylic acids is 1. The number of ether oxygens (including phenoxy) is 5. The van der Waals surface area contributed by atoms with Gasteiger partial charge < -0.3 is 39.4 Å². The fourth-order valence-electron chi connectivity index (χ4n) is 6.00. The standard InChI is InChI=1S/C22H21N5O4.C20H17N5O4/c1-4-31-22(28)15-7-5-6-14(12-15)16-13-17(20-23-10-11-27(20)26-16)24-19-9-8-18(29-2)21(25-19)30-3;1-28-16-6-7-17(23-19(16)29-2)22-15-11-14(24-25-9-8-21-18(15)25)12-4-3-5-13(10-12)20(26)27/h5-13H,4H2,1-3H3,(H,24,25);3-11H,1-2H3,(H,22,23)(H,26,27). The van der Waals surface area contributed by atoms with E-state index >= 15 is 0 Å². The quantitative estimate of drug-likeness (QED) is 0.100. The fraction of sp³-hybridized carbons (Fsp3) is 0.143. The summed E-state index contributed by atoms with van der Waals surface area (Å²) in [4.78, 5) is 41.0. The van der Waals surface area contributed by atoms with Gasteiger partial charge in [-0.15, -0.1) is 0 Å². The maximum Gasteiger partial charge on any atom is 0.338 e. The number of hydrogen-bond acceptors (Lipinski definition) is 15. The van der Waals surface area contributed by atoms with Crippen LogP contribution >= 0.6 is 0 Å². The summed E-state index contributed by atoms with van der Waals surface area (Å²) in [5, 5.41) is 24.9. The molecule has 3 N–H and O–H groups in total. The Bertz CT molecular complexity index is 2820. The van der Waals surface area contributed by atoms with Crippen LogP contribution in [-0.4, -0.2) is 91.3 Å². The van der Waals surface area contributed by atoms with Gasteiger partial charge in [-0.3, -0.25) is 0 Å². The molecule has 0 aliphatic rings. The molecule has 0 fully saturated rings. The van der Waals surface area contributed by atoms with E-state index in [1.807, 2.05) is 12.1 Å². The van der Waals surface area contributed by atoms with Crippen molar-refractivity contribution in [2.75, 3.05) is 45.7 Å². The second kappa shape index (κ2) is 17.9. The van der Waals surface area contributed by atoms with Crippen LogP contribution in [0.15, 0.2) is 110 Å². The zero-order valence-corrected chi connectivity index (χ0v) is 33.0. The number of nitrogens with one attached hydrogen (secondary N) is 2. The molecule has 6 heterocycles. The summed E-state index contributed by atoms with van der Waals surface area (Å²) in [6.45, 7) is 2.09. The van der Waals surface area contributed by atoms with E-state index in [0.717, 1.165) is 5.56 Å². The maximum absolute atomic E-state index is 12.1. The Labute approximate surface area is 342 Å².